The van der Waals surface area contributed by atoms with E-state index in [1.54, 1.807) is 24.1 Å². The summed E-state index contributed by atoms with van der Waals surface area (Å²) in [5.74, 6) is 5.71. The number of sulfonamides is 1. The highest BCUT2D eigenvalue weighted by atomic mass is 32.2. The second kappa shape index (κ2) is 10.2. The molecule has 1 aliphatic heterocycles. The van der Waals surface area contributed by atoms with E-state index in [4.69, 9.17) is 4.74 Å². The number of amides is 1. The molecule has 0 radical (unpaired) electrons. The van der Waals surface area contributed by atoms with E-state index in [1.165, 1.54) is 11.4 Å². The lowest BCUT2D eigenvalue weighted by Gasteiger charge is -2.37. The number of pyridine rings is 1. The molecule has 8 nitrogen and oxygen atoms in total. The quantitative estimate of drug-likeness (QED) is 0.675. The molecule has 9 heteroatoms. The Kier molecular flexibility index (Phi) is 8.24. The fourth-order valence-corrected chi connectivity index (χ4v) is 3.48. The summed E-state index contributed by atoms with van der Waals surface area (Å²) in [6, 6.07) is 1.24. The van der Waals surface area contributed by atoms with Crippen LogP contribution in [-0.4, -0.2) is 78.8 Å². The van der Waals surface area contributed by atoms with Crippen molar-refractivity contribution in [1.29, 1.82) is 0 Å². The van der Waals surface area contributed by atoms with E-state index in [1.807, 2.05) is 13.8 Å². The van der Waals surface area contributed by atoms with Gasteiger partial charge in [0.25, 0.3) is 5.91 Å². The second-order valence-corrected chi connectivity index (χ2v) is 9.88. The van der Waals surface area contributed by atoms with E-state index in [9.17, 15) is 18.3 Å². The summed E-state index contributed by atoms with van der Waals surface area (Å²) >= 11 is 0. The topological polar surface area (TPSA) is 100 Å². The Hall–Kier alpha value is -2.15. The van der Waals surface area contributed by atoms with Crippen molar-refractivity contribution < 1.29 is 23.1 Å². The molecule has 1 N–H and O–H groups in total. The highest BCUT2D eigenvalue weighted by Crippen LogP contribution is 2.27. The number of ether oxygens (including phenoxy) is 1. The fourth-order valence-electron chi connectivity index (χ4n) is 3.07. The van der Waals surface area contributed by atoms with Crippen LogP contribution < -0.4 is 4.74 Å². The molecular weight excluding hydrogens is 406 g/mol. The SMILES string of the molecule is CCCC#Cc1cnc2c(c1)C(=O)N([C@H](C)CO)C[C@H](C)[C@H](CN(C)S(C)(=O)=O)O2. The largest absolute Gasteiger partial charge is 0.472 e. The van der Waals surface area contributed by atoms with Gasteiger partial charge in [-0.3, -0.25) is 4.79 Å². The average Bonchev–Trinajstić information content (AvgIpc) is 2.69. The van der Waals surface area contributed by atoms with Gasteiger partial charge in [0, 0.05) is 37.7 Å². The molecule has 0 unspecified atom stereocenters. The first-order valence-corrected chi connectivity index (χ1v) is 11.9. The van der Waals surface area contributed by atoms with Crippen molar-refractivity contribution >= 4 is 15.9 Å². The van der Waals surface area contributed by atoms with Crippen LogP contribution in [0.15, 0.2) is 12.3 Å². The number of hydrogen-bond donors (Lipinski definition) is 1. The van der Waals surface area contributed by atoms with Crippen LogP contribution in [0.25, 0.3) is 0 Å². The third-order valence-electron chi connectivity index (χ3n) is 5.13. The number of unbranched alkanes of at least 4 members (excludes halogenated alkanes) is 1. The summed E-state index contributed by atoms with van der Waals surface area (Å²) < 4.78 is 31.1. The summed E-state index contributed by atoms with van der Waals surface area (Å²) in [5, 5.41) is 9.67. The number of rotatable bonds is 6. The standard InChI is InChI=1S/C21H31N3O5S/c1-6-7-8-9-17-10-18-20(22-11-17)29-19(13-23(4)30(5,27)28)15(2)12-24(21(18)26)16(3)14-25/h10-11,15-16,19,25H,6-7,12-14H2,1-5H3/t15-,16+,19-/m0/s1. The van der Waals surface area contributed by atoms with Crippen molar-refractivity contribution in [2.75, 3.05) is 33.0 Å². The van der Waals surface area contributed by atoms with Gasteiger partial charge in [0.2, 0.25) is 15.9 Å². The van der Waals surface area contributed by atoms with Crippen LogP contribution in [0.3, 0.4) is 0 Å². The molecule has 0 bridgehead atoms. The van der Waals surface area contributed by atoms with Gasteiger partial charge in [-0.1, -0.05) is 25.7 Å². The average molecular weight is 438 g/mol. The summed E-state index contributed by atoms with van der Waals surface area (Å²) in [4.78, 5) is 19.2. The van der Waals surface area contributed by atoms with Crippen LogP contribution in [0.4, 0.5) is 0 Å². The first-order valence-electron chi connectivity index (χ1n) is 10.1. The molecule has 3 atom stereocenters. The number of nitrogens with zero attached hydrogens (tertiary/aromatic N) is 3. The molecule has 1 aromatic rings. The molecule has 0 aliphatic carbocycles. The predicted octanol–water partition coefficient (Wildman–Crippen LogP) is 1.34. The minimum absolute atomic E-state index is 0.120. The van der Waals surface area contributed by atoms with Crippen molar-refractivity contribution in [2.45, 2.75) is 45.8 Å². The summed E-state index contributed by atoms with van der Waals surface area (Å²) in [7, 11) is -1.90. The third-order valence-corrected chi connectivity index (χ3v) is 6.41. The van der Waals surface area contributed by atoms with Crippen molar-refractivity contribution in [1.82, 2.24) is 14.2 Å². The van der Waals surface area contributed by atoms with E-state index >= 15 is 0 Å². The van der Waals surface area contributed by atoms with Crippen LogP contribution >= 0.6 is 0 Å². The van der Waals surface area contributed by atoms with Crippen LogP contribution in [0, 0.1) is 17.8 Å². The molecule has 0 saturated carbocycles. The number of hydrogen-bond acceptors (Lipinski definition) is 6. The first kappa shape index (κ1) is 24.1. The van der Waals surface area contributed by atoms with Gasteiger partial charge >= 0.3 is 0 Å². The zero-order valence-electron chi connectivity index (χ0n) is 18.3. The van der Waals surface area contributed by atoms with Gasteiger partial charge in [-0.15, -0.1) is 0 Å². The lowest BCUT2D eigenvalue weighted by atomic mass is 10.0. The lowest BCUT2D eigenvalue weighted by Crippen LogP contribution is -2.50. The minimum atomic E-state index is -3.39. The lowest BCUT2D eigenvalue weighted by molar-refractivity contribution is 0.0373. The van der Waals surface area contributed by atoms with E-state index < -0.39 is 22.2 Å². The molecule has 0 spiro atoms. The molecule has 0 aromatic carbocycles. The smallest absolute Gasteiger partial charge is 0.259 e. The third kappa shape index (κ3) is 5.94. The molecule has 1 amide bonds. The highest BCUT2D eigenvalue weighted by molar-refractivity contribution is 7.88. The zero-order valence-corrected chi connectivity index (χ0v) is 19.1. The number of carbonyl (C=O) groups excluding carboxylic acids is 1. The number of aliphatic hydroxyl groups is 1. The van der Waals surface area contributed by atoms with Crippen molar-refractivity contribution in [3.63, 3.8) is 0 Å². The molecule has 2 rings (SSSR count). The summed E-state index contributed by atoms with van der Waals surface area (Å²) in [5.41, 5.74) is 0.867. The van der Waals surface area contributed by atoms with Gasteiger partial charge in [-0.25, -0.2) is 17.7 Å². The molecule has 30 heavy (non-hydrogen) atoms. The minimum Gasteiger partial charge on any atom is -0.472 e. The van der Waals surface area contributed by atoms with Crippen LogP contribution in [0.1, 0.15) is 49.5 Å². The monoisotopic (exact) mass is 437 g/mol. The van der Waals surface area contributed by atoms with Gasteiger partial charge in [0.1, 0.15) is 11.7 Å². The Bertz CT molecular complexity index is 922. The highest BCUT2D eigenvalue weighted by Gasteiger charge is 2.35. The maximum Gasteiger partial charge on any atom is 0.259 e. The predicted molar refractivity (Wildman–Crippen MR) is 115 cm³/mol. The Morgan fingerprint density at radius 2 is 2.17 bits per heavy atom. The van der Waals surface area contributed by atoms with Gasteiger partial charge < -0.3 is 14.7 Å². The van der Waals surface area contributed by atoms with Crippen molar-refractivity contribution in [2.24, 2.45) is 5.92 Å². The number of aromatic nitrogens is 1. The summed E-state index contributed by atoms with van der Waals surface area (Å²) in [6.45, 7) is 5.94. The number of aliphatic hydroxyl groups excluding tert-OH is 1. The molecule has 2 heterocycles. The Labute approximate surface area is 179 Å². The van der Waals surface area contributed by atoms with Crippen LogP contribution in [0.5, 0.6) is 5.88 Å². The maximum atomic E-state index is 13.2. The van der Waals surface area contributed by atoms with Gasteiger partial charge in [0.15, 0.2) is 0 Å². The number of carbonyl (C=O) groups is 1. The maximum absolute atomic E-state index is 13.2. The van der Waals surface area contributed by atoms with Gasteiger partial charge in [0.05, 0.1) is 25.4 Å². The van der Waals surface area contributed by atoms with Crippen molar-refractivity contribution in [3.8, 4) is 17.7 Å². The van der Waals surface area contributed by atoms with E-state index in [2.05, 4.69) is 16.8 Å². The Balaban J connectivity index is 2.49. The van der Waals surface area contributed by atoms with E-state index in [0.29, 0.717) is 12.1 Å². The number of likely N-dealkylation sites (N-methyl/N-ethyl adjacent to an activating group) is 1. The second-order valence-electron chi connectivity index (χ2n) is 7.79. The van der Waals surface area contributed by atoms with E-state index in [0.717, 1.165) is 19.1 Å². The normalized spacial score (nSPS) is 20.5. The molecule has 0 fully saturated rings. The molecule has 1 aromatic heterocycles. The van der Waals surface area contributed by atoms with Crippen LogP contribution in [-0.2, 0) is 10.0 Å². The van der Waals surface area contributed by atoms with Gasteiger partial charge in [-0.05, 0) is 19.4 Å². The zero-order chi connectivity index (χ0) is 22.5. The van der Waals surface area contributed by atoms with E-state index in [-0.39, 0.29) is 36.4 Å². The molecular formula is C21H31N3O5S. The van der Waals surface area contributed by atoms with Gasteiger partial charge in [-0.2, -0.15) is 0 Å². The molecule has 1 aliphatic rings. The number of fused-ring (bicyclic) bond motifs is 1. The first-order chi connectivity index (χ1) is 14.1. The fraction of sp³-hybridized carbons (Fsp3) is 0.619. The summed E-state index contributed by atoms with van der Waals surface area (Å²) in [6.07, 6.45) is 3.85. The molecule has 166 valence electrons. The van der Waals surface area contributed by atoms with Crippen LogP contribution in [0.2, 0.25) is 0 Å². The Morgan fingerprint density at radius 1 is 1.47 bits per heavy atom. The molecule has 0 saturated heterocycles. The Morgan fingerprint density at radius 3 is 2.77 bits per heavy atom. The van der Waals surface area contributed by atoms with Crippen molar-refractivity contribution in [3.05, 3.63) is 23.4 Å².